The van der Waals surface area contributed by atoms with Crippen molar-refractivity contribution in [1.29, 1.82) is 0 Å². The van der Waals surface area contributed by atoms with Crippen LogP contribution in [0.4, 0.5) is 5.00 Å². The molecule has 0 aromatic carbocycles. The predicted octanol–water partition coefficient (Wildman–Crippen LogP) is 0.940. The van der Waals surface area contributed by atoms with Crippen molar-refractivity contribution in [1.82, 2.24) is 19.6 Å². The molecule has 66 valence electrons. The molecule has 0 bridgehead atoms. The average molecular weight is 193 g/mol. The van der Waals surface area contributed by atoms with Gasteiger partial charge >= 0.3 is 0 Å². The number of aromatic nitrogens is 4. The molecule has 0 saturated heterocycles. The van der Waals surface area contributed by atoms with E-state index in [-0.39, 0.29) is 0 Å². The second-order valence-corrected chi connectivity index (χ2v) is 3.12. The number of anilines is 1. The van der Waals surface area contributed by atoms with Crippen LogP contribution in [0.2, 0.25) is 0 Å². The molecule has 2 aromatic rings. The lowest BCUT2D eigenvalue weighted by molar-refractivity contribution is 1.01. The van der Waals surface area contributed by atoms with Gasteiger partial charge in [-0.1, -0.05) is 4.49 Å². The Bertz CT molecular complexity index is 346. The van der Waals surface area contributed by atoms with Crippen LogP contribution >= 0.6 is 11.5 Å². The molecule has 0 aliphatic heterocycles. The van der Waals surface area contributed by atoms with Crippen LogP contribution in [-0.2, 0) is 6.54 Å². The van der Waals surface area contributed by atoms with Gasteiger partial charge in [0.2, 0.25) is 0 Å². The summed E-state index contributed by atoms with van der Waals surface area (Å²) in [5.41, 5.74) is 0.948. The van der Waals surface area contributed by atoms with Crippen LogP contribution in [0.1, 0.15) is 5.69 Å². The predicted molar refractivity (Wildman–Crippen MR) is 49.3 cm³/mol. The molecule has 0 spiro atoms. The third-order valence-corrected chi connectivity index (χ3v) is 2.07. The van der Waals surface area contributed by atoms with Crippen molar-refractivity contribution in [3.8, 4) is 0 Å². The molecule has 2 aromatic heterocycles. The molecule has 0 aliphatic carbocycles. The van der Waals surface area contributed by atoms with E-state index in [1.54, 1.807) is 12.4 Å². The Hall–Kier alpha value is -1.56. The van der Waals surface area contributed by atoms with Gasteiger partial charge in [-0.05, 0) is 6.07 Å². The smallest absolute Gasteiger partial charge is 0.130 e. The van der Waals surface area contributed by atoms with E-state index in [0.717, 1.165) is 10.7 Å². The fraction of sp³-hybridized carbons (Fsp3) is 0.143. The Labute approximate surface area is 79.0 Å². The highest BCUT2D eigenvalue weighted by Crippen LogP contribution is 2.09. The second-order valence-electron chi connectivity index (χ2n) is 2.34. The highest BCUT2D eigenvalue weighted by molar-refractivity contribution is 7.09. The van der Waals surface area contributed by atoms with Gasteiger partial charge in [-0.2, -0.15) is 0 Å². The summed E-state index contributed by atoms with van der Waals surface area (Å²) in [6, 6.07) is 1.86. The number of nitrogens with zero attached hydrogens (tertiary/aromatic N) is 4. The maximum absolute atomic E-state index is 4.07. The molecule has 1 N–H and O–H groups in total. The summed E-state index contributed by atoms with van der Waals surface area (Å²) in [5.74, 6) is 0. The maximum Gasteiger partial charge on any atom is 0.130 e. The molecule has 13 heavy (non-hydrogen) atoms. The Kier molecular flexibility index (Phi) is 2.42. The third kappa shape index (κ3) is 2.19. The Morgan fingerprint density at radius 1 is 1.46 bits per heavy atom. The topological polar surface area (TPSA) is 63.6 Å². The van der Waals surface area contributed by atoms with Crippen molar-refractivity contribution in [3.05, 3.63) is 30.5 Å². The number of hydrogen-bond donors (Lipinski definition) is 1. The van der Waals surface area contributed by atoms with E-state index in [1.807, 2.05) is 6.07 Å². The summed E-state index contributed by atoms with van der Waals surface area (Å²) < 4.78 is 3.73. The highest BCUT2D eigenvalue weighted by atomic mass is 32.1. The van der Waals surface area contributed by atoms with Gasteiger partial charge in [0.1, 0.15) is 11.3 Å². The quantitative estimate of drug-likeness (QED) is 0.786. The van der Waals surface area contributed by atoms with Crippen LogP contribution in [0.3, 0.4) is 0 Å². The molecule has 0 aliphatic rings. The minimum atomic E-state index is 0.673. The molecule has 0 fully saturated rings. The number of hydrogen-bond acceptors (Lipinski definition) is 6. The lowest BCUT2D eigenvalue weighted by Gasteiger charge is -1.99. The highest BCUT2D eigenvalue weighted by Gasteiger charge is 1.95. The van der Waals surface area contributed by atoms with Crippen molar-refractivity contribution >= 4 is 16.5 Å². The summed E-state index contributed by atoms with van der Waals surface area (Å²) in [4.78, 5) is 7.90. The minimum absolute atomic E-state index is 0.673. The van der Waals surface area contributed by atoms with Crippen LogP contribution in [0.25, 0.3) is 0 Å². The van der Waals surface area contributed by atoms with E-state index >= 15 is 0 Å². The van der Waals surface area contributed by atoms with Crippen molar-refractivity contribution in [2.45, 2.75) is 6.54 Å². The summed E-state index contributed by atoms with van der Waals surface area (Å²) in [6.07, 6.45) is 4.93. The van der Waals surface area contributed by atoms with Crippen molar-refractivity contribution in [3.63, 3.8) is 0 Å². The van der Waals surface area contributed by atoms with Crippen LogP contribution in [-0.4, -0.2) is 19.6 Å². The summed E-state index contributed by atoms with van der Waals surface area (Å²) in [6.45, 7) is 0.673. The summed E-state index contributed by atoms with van der Waals surface area (Å²) >= 11 is 1.33. The Morgan fingerprint density at radius 3 is 3.15 bits per heavy atom. The molecule has 0 atom stereocenters. The van der Waals surface area contributed by atoms with Crippen LogP contribution in [0.15, 0.2) is 24.8 Å². The number of rotatable bonds is 3. The van der Waals surface area contributed by atoms with E-state index in [2.05, 4.69) is 24.9 Å². The zero-order valence-corrected chi connectivity index (χ0v) is 7.53. The molecular formula is C7H7N5S. The second kappa shape index (κ2) is 3.90. The molecule has 0 saturated carbocycles. The first-order chi connectivity index (χ1) is 6.45. The first-order valence-electron chi connectivity index (χ1n) is 3.71. The standard InChI is InChI=1S/C7H7N5S/c1-2-8-5-10-6(1)3-9-7-4-11-12-13-7/h1-2,4-5,9H,3H2. The third-order valence-electron chi connectivity index (χ3n) is 1.45. The Balaban J connectivity index is 1.94. The zero-order chi connectivity index (χ0) is 8.93. The fourth-order valence-corrected chi connectivity index (χ4v) is 1.26. The van der Waals surface area contributed by atoms with E-state index in [0.29, 0.717) is 6.54 Å². The van der Waals surface area contributed by atoms with Crippen LogP contribution < -0.4 is 5.32 Å². The summed E-state index contributed by atoms with van der Waals surface area (Å²) in [5, 5.41) is 7.80. The van der Waals surface area contributed by atoms with E-state index in [1.165, 1.54) is 17.9 Å². The van der Waals surface area contributed by atoms with E-state index in [9.17, 15) is 0 Å². The van der Waals surface area contributed by atoms with Gasteiger partial charge in [0, 0.05) is 17.7 Å². The molecule has 5 nitrogen and oxygen atoms in total. The molecule has 6 heteroatoms. The molecule has 0 radical (unpaired) electrons. The normalized spacial score (nSPS) is 9.85. The van der Waals surface area contributed by atoms with E-state index in [4.69, 9.17) is 0 Å². The van der Waals surface area contributed by atoms with Gasteiger partial charge < -0.3 is 5.32 Å². The zero-order valence-electron chi connectivity index (χ0n) is 6.71. The van der Waals surface area contributed by atoms with Gasteiger partial charge in [0.15, 0.2) is 0 Å². The monoisotopic (exact) mass is 193 g/mol. The van der Waals surface area contributed by atoms with Crippen molar-refractivity contribution in [2.75, 3.05) is 5.32 Å². The lowest BCUT2D eigenvalue weighted by atomic mass is 10.4. The SMILES string of the molecule is c1cc(CNc2cnns2)ncn1. The lowest BCUT2D eigenvalue weighted by Crippen LogP contribution is -1.99. The molecule has 2 rings (SSSR count). The van der Waals surface area contributed by atoms with Crippen molar-refractivity contribution < 1.29 is 0 Å². The Morgan fingerprint density at radius 2 is 2.46 bits per heavy atom. The molecule has 0 unspecified atom stereocenters. The molecule has 0 amide bonds. The molecular weight excluding hydrogens is 186 g/mol. The van der Waals surface area contributed by atoms with Gasteiger partial charge in [-0.15, -0.1) is 5.10 Å². The maximum atomic E-state index is 4.07. The van der Waals surface area contributed by atoms with Gasteiger partial charge in [-0.25, -0.2) is 9.97 Å². The van der Waals surface area contributed by atoms with E-state index < -0.39 is 0 Å². The fourth-order valence-electron chi connectivity index (χ4n) is 0.845. The molecule has 2 heterocycles. The number of nitrogens with one attached hydrogen (secondary N) is 1. The van der Waals surface area contributed by atoms with Gasteiger partial charge in [0.05, 0.1) is 18.4 Å². The van der Waals surface area contributed by atoms with Crippen LogP contribution in [0, 0.1) is 0 Å². The first kappa shape index (κ1) is 8.06. The minimum Gasteiger partial charge on any atom is -0.369 e. The van der Waals surface area contributed by atoms with Crippen LogP contribution in [0.5, 0.6) is 0 Å². The summed E-state index contributed by atoms with van der Waals surface area (Å²) in [7, 11) is 0. The largest absolute Gasteiger partial charge is 0.369 e. The first-order valence-corrected chi connectivity index (χ1v) is 4.48. The average Bonchev–Trinajstić information content (AvgIpc) is 2.69. The van der Waals surface area contributed by atoms with Gasteiger partial charge in [-0.3, -0.25) is 0 Å². The van der Waals surface area contributed by atoms with Gasteiger partial charge in [0.25, 0.3) is 0 Å². The van der Waals surface area contributed by atoms with Crippen molar-refractivity contribution in [2.24, 2.45) is 0 Å².